The van der Waals surface area contributed by atoms with E-state index in [2.05, 4.69) is 51.2 Å². The molecule has 3 rings (SSSR count). The second-order valence-corrected chi connectivity index (χ2v) is 6.42. The molecule has 1 heterocycles. The van der Waals surface area contributed by atoms with Crippen molar-refractivity contribution in [3.63, 3.8) is 0 Å². The summed E-state index contributed by atoms with van der Waals surface area (Å²) in [5, 5.41) is 0. The van der Waals surface area contributed by atoms with Crippen LogP contribution in [0.5, 0.6) is 5.75 Å². The number of benzene rings is 2. The Balaban J connectivity index is 1.45. The Bertz CT molecular complexity index is 572. The van der Waals surface area contributed by atoms with Crippen LogP contribution in [0.4, 0.5) is 0 Å². The topological polar surface area (TPSA) is 12.5 Å². The van der Waals surface area contributed by atoms with Gasteiger partial charge in [-0.2, -0.15) is 0 Å². The van der Waals surface area contributed by atoms with Gasteiger partial charge in [-0.25, -0.2) is 0 Å². The van der Waals surface area contributed by atoms with Crippen LogP contribution in [0.1, 0.15) is 17.9 Å². The van der Waals surface area contributed by atoms with E-state index in [0.717, 1.165) is 29.9 Å². The van der Waals surface area contributed by atoms with E-state index < -0.39 is 0 Å². The van der Waals surface area contributed by atoms with Gasteiger partial charge in [-0.05, 0) is 42.6 Å². The lowest BCUT2D eigenvalue weighted by Crippen LogP contribution is -2.26. The highest BCUT2D eigenvalue weighted by Crippen LogP contribution is 2.26. The van der Waals surface area contributed by atoms with Crippen molar-refractivity contribution in [2.75, 3.05) is 26.2 Å². The summed E-state index contributed by atoms with van der Waals surface area (Å²) in [6, 6.07) is 18.9. The number of ether oxygens (including phenoxy) is 1. The Morgan fingerprint density at radius 3 is 2.76 bits per heavy atom. The Kier molecular flexibility index (Phi) is 4.94. The van der Waals surface area contributed by atoms with Gasteiger partial charge in [0, 0.05) is 17.6 Å². The molecule has 0 aromatic heterocycles. The highest BCUT2D eigenvalue weighted by molar-refractivity contribution is 9.10. The molecule has 2 aromatic rings. The predicted molar refractivity (Wildman–Crippen MR) is 89.9 cm³/mol. The summed E-state index contributed by atoms with van der Waals surface area (Å²) in [4.78, 5) is 2.50. The maximum atomic E-state index is 5.82. The fraction of sp³-hybridized carbons (Fsp3) is 0.333. The first-order valence-electron chi connectivity index (χ1n) is 7.47. The maximum Gasteiger partial charge on any atom is 0.120 e. The van der Waals surface area contributed by atoms with Crippen LogP contribution in [0.15, 0.2) is 59.1 Å². The van der Waals surface area contributed by atoms with E-state index in [1.807, 2.05) is 24.3 Å². The minimum Gasteiger partial charge on any atom is -0.492 e. The summed E-state index contributed by atoms with van der Waals surface area (Å²) in [5.41, 5.74) is 1.47. The molecule has 110 valence electrons. The van der Waals surface area contributed by atoms with Crippen LogP contribution < -0.4 is 4.74 Å². The van der Waals surface area contributed by atoms with Crippen molar-refractivity contribution < 1.29 is 4.74 Å². The van der Waals surface area contributed by atoms with Crippen molar-refractivity contribution in [1.29, 1.82) is 0 Å². The molecular formula is C18H20BrNO. The average molecular weight is 346 g/mol. The van der Waals surface area contributed by atoms with Gasteiger partial charge in [-0.1, -0.05) is 52.3 Å². The van der Waals surface area contributed by atoms with Crippen molar-refractivity contribution in [1.82, 2.24) is 4.90 Å². The van der Waals surface area contributed by atoms with Crippen LogP contribution in [0.2, 0.25) is 0 Å². The summed E-state index contributed by atoms with van der Waals surface area (Å²) in [5.74, 6) is 1.61. The number of likely N-dealkylation sites (tertiary alicyclic amines) is 1. The summed E-state index contributed by atoms with van der Waals surface area (Å²) in [7, 11) is 0. The van der Waals surface area contributed by atoms with E-state index in [0.29, 0.717) is 5.92 Å². The standard InChI is InChI=1S/C18H20BrNO/c19-17-7-4-8-18(13-17)21-12-11-20-10-9-16(14-20)15-5-2-1-3-6-15/h1-8,13,16H,9-12,14H2. The highest BCUT2D eigenvalue weighted by Gasteiger charge is 2.23. The minimum absolute atomic E-state index is 0.678. The molecular weight excluding hydrogens is 326 g/mol. The van der Waals surface area contributed by atoms with E-state index in [4.69, 9.17) is 4.74 Å². The molecule has 0 radical (unpaired) electrons. The number of halogens is 1. The van der Waals surface area contributed by atoms with Crippen LogP contribution in [0, 0.1) is 0 Å². The predicted octanol–water partition coefficient (Wildman–Crippen LogP) is 4.32. The molecule has 1 atom stereocenters. The van der Waals surface area contributed by atoms with Crippen LogP contribution in [0.25, 0.3) is 0 Å². The van der Waals surface area contributed by atoms with Crippen molar-refractivity contribution in [3.05, 3.63) is 64.6 Å². The first-order valence-corrected chi connectivity index (χ1v) is 8.26. The first kappa shape index (κ1) is 14.6. The maximum absolute atomic E-state index is 5.82. The molecule has 21 heavy (non-hydrogen) atoms. The summed E-state index contributed by atoms with van der Waals surface area (Å²) >= 11 is 3.46. The van der Waals surface area contributed by atoms with Crippen LogP contribution >= 0.6 is 15.9 Å². The van der Waals surface area contributed by atoms with Crippen molar-refractivity contribution in [2.45, 2.75) is 12.3 Å². The van der Waals surface area contributed by atoms with E-state index in [1.165, 1.54) is 18.5 Å². The number of nitrogens with zero attached hydrogens (tertiary/aromatic N) is 1. The van der Waals surface area contributed by atoms with Gasteiger partial charge in [0.25, 0.3) is 0 Å². The molecule has 0 spiro atoms. The van der Waals surface area contributed by atoms with Crippen LogP contribution in [-0.4, -0.2) is 31.1 Å². The normalized spacial score (nSPS) is 18.8. The van der Waals surface area contributed by atoms with E-state index in [9.17, 15) is 0 Å². The van der Waals surface area contributed by atoms with Gasteiger partial charge in [0.15, 0.2) is 0 Å². The molecule has 1 aliphatic rings. The summed E-state index contributed by atoms with van der Waals surface area (Å²) in [6.07, 6.45) is 1.25. The van der Waals surface area contributed by atoms with E-state index >= 15 is 0 Å². The molecule has 0 amide bonds. The second kappa shape index (κ2) is 7.10. The molecule has 0 bridgehead atoms. The Hall–Kier alpha value is -1.32. The van der Waals surface area contributed by atoms with Gasteiger partial charge in [-0.3, -0.25) is 4.90 Å². The fourth-order valence-corrected chi connectivity index (χ4v) is 3.26. The van der Waals surface area contributed by atoms with Crippen molar-refractivity contribution >= 4 is 15.9 Å². The monoisotopic (exact) mass is 345 g/mol. The zero-order valence-electron chi connectivity index (χ0n) is 12.0. The van der Waals surface area contributed by atoms with Crippen molar-refractivity contribution in [2.24, 2.45) is 0 Å². The molecule has 2 aromatic carbocycles. The largest absolute Gasteiger partial charge is 0.492 e. The third kappa shape index (κ3) is 4.08. The van der Waals surface area contributed by atoms with E-state index in [1.54, 1.807) is 0 Å². The third-order valence-corrected chi connectivity index (χ3v) is 4.51. The number of hydrogen-bond donors (Lipinski definition) is 0. The molecule has 1 fully saturated rings. The molecule has 0 N–H and O–H groups in total. The van der Waals surface area contributed by atoms with Gasteiger partial charge in [0.05, 0.1) is 0 Å². The van der Waals surface area contributed by atoms with Gasteiger partial charge in [0.1, 0.15) is 12.4 Å². The lowest BCUT2D eigenvalue weighted by atomic mass is 9.99. The molecule has 1 aliphatic heterocycles. The molecule has 3 heteroatoms. The fourth-order valence-electron chi connectivity index (χ4n) is 2.88. The Morgan fingerprint density at radius 2 is 1.95 bits per heavy atom. The Morgan fingerprint density at radius 1 is 1.10 bits per heavy atom. The molecule has 1 unspecified atom stereocenters. The molecule has 0 aliphatic carbocycles. The molecule has 1 saturated heterocycles. The lowest BCUT2D eigenvalue weighted by Gasteiger charge is -2.16. The smallest absolute Gasteiger partial charge is 0.120 e. The number of hydrogen-bond acceptors (Lipinski definition) is 2. The second-order valence-electron chi connectivity index (χ2n) is 5.50. The number of rotatable bonds is 5. The quantitative estimate of drug-likeness (QED) is 0.800. The SMILES string of the molecule is Brc1cccc(OCCN2CCC(c3ccccc3)C2)c1. The zero-order chi connectivity index (χ0) is 14.5. The minimum atomic E-state index is 0.678. The molecule has 0 saturated carbocycles. The molecule has 2 nitrogen and oxygen atoms in total. The third-order valence-electron chi connectivity index (χ3n) is 4.02. The van der Waals surface area contributed by atoms with Gasteiger partial charge in [-0.15, -0.1) is 0 Å². The van der Waals surface area contributed by atoms with Crippen LogP contribution in [-0.2, 0) is 0 Å². The first-order chi connectivity index (χ1) is 10.3. The average Bonchev–Trinajstić information content (AvgIpc) is 2.97. The van der Waals surface area contributed by atoms with Gasteiger partial charge >= 0.3 is 0 Å². The van der Waals surface area contributed by atoms with Gasteiger partial charge < -0.3 is 4.74 Å². The van der Waals surface area contributed by atoms with Gasteiger partial charge in [0.2, 0.25) is 0 Å². The van der Waals surface area contributed by atoms with Crippen LogP contribution in [0.3, 0.4) is 0 Å². The summed E-state index contributed by atoms with van der Waals surface area (Å²) < 4.78 is 6.88. The zero-order valence-corrected chi connectivity index (χ0v) is 13.6. The lowest BCUT2D eigenvalue weighted by molar-refractivity contribution is 0.236. The van der Waals surface area contributed by atoms with Crippen molar-refractivity contribution in [3.8, 4) is 5.75 Å². The van der Waals surface area contributed by atoms with E-state index in [-0.39, 0.29) is 0 Å². The Labute approximate surface area is 134 Å². The highest BCUT2D eigenvalue weighted by atomic mass is 79.9. The summed E-state index contributed by atoms with van der Waals surface area (Å²) in [6.45, 7) is 4.06.